The second-order valence-corrected chi connectivity index (χ2v) is 9.00. The van der Waals surface area contributed by atoms with Crippen molar-refractivity contribution in [2.45, 2.75) is 57.9 Å². The molecular formula is C21H22Cl2FNO3. The van der Waals surface area contributed by atoms with E-state index in [0.29, 0.717) is 32.6 Å². The Bertz CT molecular complexity index is 869. The number of aromatic nitrogens is 1. The molecule has 2 bridgehead atoms. The second-order valence-electron chi connectivity index (χ2n) is 8.19. The standard InChI is InChI=1S/C21H22Cl2FNO3/c1-21(2,24)20-14(10-27-13-8-11-6-7-12(9-13)19(11)26)18(25-28-20)17-15(22)4-3-5-16(17)23/h3-5,11-13H,6-10H2,1-2H3/t11-,12+,13?. The van der Waals surface area contributed by atoms with Crippen molar-refractivity contribution in [1.82, 2.24) is 5.16 Å². The zero-order valence-corrected chi connectivity index (χ0v) is 17.3. The Hall–Kier alpha value is -1.43. The number of rotatable bonds is 5. The first-order chi connectivity index (χ1) is 13.3. The van der Waals surface area contributed by atoms with Gasteiger partial charge < -0.3 is 9.26 Å². The van der Waals surface area contributed by atoms with Gasteiger partial charge in [-0.1, -0.05) is 34.4 Å². The summed E-state index contributed by atoms with van der Waals surface area (Å²) in [5.41, 5.74) is -0.334. The fourth-order valence-electron chi connectivity index (χ4n) is 4.39. The van der Waals surface area contributed by atoms with Crippen molar-refractivity contribution < 1.29 is 18.4 Å². The molecule has 0 aliphatic heterocycles. The molecule has 2 saturated carbocycles. The van der Waals surface area contributed by atoms with Crippen LogP contribution in [-0.2, 0) is 21.8 Å². The lowest BCUT2D eigenvalue weighted by Gasteiger charge is -2.27. The van der Waals surface area contributed by atoms with Crippen LogP contribution in [0, 0.1) is 11.8 Å². The van der Waals surface area contributed by atoms with Crippen molar-refractivity contribution in [3.8, 4) is 11.3 Å². The molecule has 2 aliphatic rings. The highest BCUT2D eigenvalue weighted by Gasteiger charge is 2.42. The molecule has 0 amide bonds. The summed E-state index contributed by atoms with van der Waals surface area (Å²) in [5, 5.41) is 4.89. The third-order valence-electron chi connectivity index (χ3n) is 5.75. The summed E-state index contributed by atoms with van der Waals surface area (Å²) in [6, 6.07) is 5.14. The molecule has 7 heteroatoms. The molecule has 2 aromatic rings. The maximum Gasteiger partial charge on any atom is 0.179 e. The summed E-state index contributed by atoms with van der Waals surface area (Å²) in [5.74, 6) is 0.675. The van der Waals surface area contributed by atoms with E-state index < -0.39 is 5.67 Å². The molecule has 0 N–H and O–H groups in total. The van der Waals surface area contributed by atoms with Crippen LogP contribution in [0.2, 0.25) is 10.0 Å². The largest absolute Gasteiger partial charge is 0.373 e. The Kier molecular flexibility index (Phi) is 5.27. The number of fused-ring (bicyclic) bond motifs is 2. The van der Waals surface area contributed by atoms with Gasteiger partial charge in [0.25, 0.3) is 0 Å². The van der Waals surface area contributed by atoms with E-state index in [2.05, 4.69) is 5.16 Å². The number of halogens is 3. The van der Waals surface area contributed by atoms with Crippen molar-refractivity contribution in [1.29, 1.82) is 0 Å². The van der Waals surface area contributed by atoms with E-state index in [9.17, 15) is 9.18 Å². The van der Waals surface area contributed by atoms with Gasteiger partial charge in [0.1, 0.15) is 11.5 Å². The maximum absolute atomic E-state index is 14.8. The van der Waals surface area contributed by atoms with Crippen molar-refractivity contribution in [2.75, 3.05) is 0 Å². The van der Waals surface area contributed by atoms with E-state index in [4.69, 9.17) is 32.5 Å². The van der Waals surface area contributed by atoms with Crippen LogP contribution in [0.25, 0.3) is 11.3 Å². The third kappa shape index (κ3) is 3.60. The van der Waals surface area contributed by atoms with Crippen LogP contribution < -0.4 is 0 Å². The Morgan fingerprint density at radius 3 is 2.39 bits per heavy atom. The van der Waals surface area contributed by atoms with E-state index in [-0.39, 0.29) is 30.3 Å². The monoisotopic (exact) mass is 425 g/mol. The number of benzene rings is 1. The molecule has 1 aromatic heterocycles. The fourth-order valence-corrected chi connectivity index (χ4v) is 4.96. The smallest absolute Gasteiger partial charge is 0.179 e. The summed E-state index contributed by atoms with van der Waals surface area (Å²) in [4.78, 5) is 12.1. The fraction of sp³-hybridized carbons (Fsp3) is 0.524. The number of carbonyl (C=O) groups excluding carboxylic acids is 1. The van der Waals surface area contributed by atoms with E-state index in [1.165, 1.54) is 13.8 Å². The molecule has 4 nitrogen and oxygen atoms in total. The number of ketones is 1. The predicted octanol–water partition coefficient (Wildman–Crippen LogP) is 6.13. The molecule has 28 heavy (non-hydrogen) atoms. The maximum atomic E-state index is 14.8. The zero-order valence-electron chi connectivity index (χ0n) is 15.8. The normalized spacial score (nSPS) is 24.8. The van der Waals surface area contributed by atoms with E-state index in [1.807, 2.05) is 0 Å². The number of carbonyl (C=O) groups is 1. The Labute approximate surface area is 173 Å². The van der Waals surface area contributed by atoms with Gasteiger partial charge in [0.2, 0.25) is 0 Å². The lowest BCUT2D eigenvalue weighted by atomic mass is 9.86. The summed E-state index contributed by atoms with van der Waals surface area (Å²) >= 11 is 12.7. The number of alkyl halides is 1. The summed E-state index contributed by atoms with van der Waals surface area (Å²) < 4.78 is 26.3. The molecular weight excluding hydrogens is 404 g/mol. The highest BCUT2D eigenvalue weighted by atomic mass is 35.5. The lowest BCUT2D eigenvalue weighted by molar-refractivity contribution is -0.130. The molecule has 0 radical (unpaired) electrons. The molecule has 2 aliphatic carbocycles. The summed E-state index contributed by atoms with van der Waals surface area (Å²) in [7, 11) is 0. The lowest BCUT2D eigenvalue weighted by Crippen LogP contribution is -2.31. The van der Waals surface area contributed by atoms with Crippen molar-refractivity contribution in [2.24, 2.45) is 11.8 Å². The van der Waals surface area contributed by atoms with Gasteiger partial charge in [-0.2, -0.15) is 0 Å². The molecule has 3 atom stereocenters. The number of Topliss-reactive ketones (excluding diaryl/α,β-unsaturated/α-hetero) is 1. The van der Waals surface area contributed by atoms with Gasteiger partial charge in [-0.25, -0.2) is 4.39 Å². The first-order valence-corrected chi connectivity index (χ1v) is 10.3. The van der Waals surface area contributed by atoms with E-state index >= 15 is 0 Å². The van der Waals surface area contributed by atoms with Crippen LogP contribution in [0.4, 0.5) is 4.39 Å². The molecule has 4 rings (SSSR count). The van der Waals surface area contributed by atoms with Gasteiger partial charge in [-0.15, -0.1) is 0 Å². The quantitative estimate of drug-likeness (QED) is 0.578. The van der Waals surface area contributed by atoms with Gasteiger partial charge >= 0.3 is 0 Å². The van der Waals surface area contributed by atoms with Gasteiger partial charge in [0.05, 0.1) is 28.3 Å². The Balaban J connectivity index is 1.64. The van der Waals surface area contributed by atoms with Crippen molar-refractivity contribution >= 4 is 29.0 Å². The van der Waals surface area contributed by atoms with Gasteiger partial charge in [-0.3, -0.25) is 4.79 Å². The van der Waals surface area contributed by atoms with Gasteiger partial charge in [0, 0.05) is 17.4 Å². The molecule has 150 valence electrons. The van der Waals surface area contributed by atoms with Crippen molar-refractivity contribution in [3.63, 3.8) is 0 Å². The summed E-state index contributed by atoms with van der Waals surface area (Å²) in [6.07, 6.45) is 3.30. The Morgan fingerprint density at radius 2 is 1.82 bits per heavy atom. The molecule has 1 unspecified atom stereocenters. The van der Waals surface area contributed by atoms with E-state index in [1.54, 1.807) is 18.2 Å². The molecule has 2 fully saturated rings. The average molecular weight is 426 g/mol. The highest BCUT2D eigenvalue weighted by Crippen LogP contribution is 2.43. The van der Waals surface area contributed by atoms with Crippen molar-refractivity contribution in [3.05, 3.63) is 39.6 Å². The Morgan fingerprint density at radius 1 is 1.21 bits per heavy atom. The van der Waals surface area contributed by atoms with Crippen LogP contribution in [0.5, 0.6) is 0 Å². The zero-order chi connectivity index (χ0) is 20.1. The number of hydrogen-bond donors (Lipinski definition) is 0. The molecule has 1 heterocycles. The molecule has 1 aromatic carbocycles. The average Bonchev–Trinajstić information content (AvgIpc) is 3.10. The molecule has 0 saturated heterocycles. The minimum atomic E-state index is -1.74. The first-order valence-electron chi connectivity index (χ1n) is 9.53. The second kappa shape index (κ2) is 7.43. The number of hydrogen-bond acceptors (Lipinski definition) is 4. The van der Waals surface area contributed by atoms with Crippen LogP contribution in [0.15, 0.2) is 22.7 Å². The van der Waals surface area contributed by atoms with Crippen LogP contribution >= 0.6 is 23.2 Å². The van der Waals surface area contributed by atoms with Crippen LogP contribution in [0.1, 0.15) is 50.9 Å². The van der Waals surface area contributed by atoms with Crippen LogP contribution in [-0.4, -0.2) is 17.0 Å². The van der Waals surface area contributed by atoms with Gasteiger partial charge in [0.15, 0.2) is 11.4 Å². The topological polar surface area (TPSA) is 52.3 Å². The molecule has 0 spiro atoms. The van der Waals surface area contributed by atoms with E-state index in [0.717, 1.165) is 25.7 Å². The first kappa shape index (κ1) is 19.9. The minimum Gasteiger partial charge on any atom is -0.373 e. The predicted molar refractivity (Wildman–Crippen MR) is 105 cm³/mol. The minimum absolute atomic E-state index is 0.0322. The highest BCUT2D eigenvalue weighted by molar-refractivity contribution is 6.39. The third-order valence-corrected chi connectivity index (χ3v) is 6.38. The number of nitrogens with zero attached hydrogens (tertiary/aromatic N) is 1. The number of ether oxygens (including phenoxy) is 1. The summed E-state index contributed by atoms with van der Waals surface area (Å²) in [6.45, 7) is 2.95. The van der Waals surface area contributed by atoms with Gasteiger partial charge in [-0.05, 0) is 51.7 Å². The SMILES string of the molecule is CC(C)(F)c1onc(-c2c(Cl)cccc2Cl)c1COC1C[C@H]2CC[C@@H](C1)C2=O. The van der Waals surface area contributed by atoms with Crippen LogP contribution in [0.3, 0.4) is 0 Å².